The van der Waals surface area contributed by atoms with Gasteiger partial charge in [0.2, 0.25) is 5.52 Å². The second-order valence-corrected chi connectivity index (χ2v) is 11.9. The van der Waals surface area contributed by atoms with Crippen molar-refractivity contribution in [2.75, 3.05) is 0 Å². The highest BCUT2D eigenvalue weighted by molar-refractivity contribution is 7.65. The zero-order chi connectivity index (χ0) is 20.2. The first-order chi connectivity index (χ1) is 11.8. The Bertz CT molecular complexity index is 630. The van der Waals surface area contributed by atoms with Gasteiger partial charge in [-0.3, -0.25) is 4.79 Å². The molecule has 0 fully saturated rings. The number of carbonyl (C=O) groups excluding carboxylic acids is 1. The van der Waals surface area contributed by atoms with Crippen LogP contribution in [0.25, 0.3) is 0 Å². The topological polar surface area (TPSA) is 34.1 Å². The molecule has 3 atom stereocenters. The summed E-state index contributed by atoms with van der Waals surface area (Å²) in [6.07, 6.45) is 2.83. The first-order valence-corrected chi connectivity index (χ1v) is 11.5. The number of benzene rings is 1. The molecule has 0 spiro atoms. The van der Waals surface area contributed by atoms with E-state index in [1.54, 1.807) is 0 Å². The third kappa shape index (κ3) is 7.03. The van der Waals surface area contributed by atoms with Crippen molar-refractivity contribution in [1.82, 2.24) is 0 Å². The summed E-state index contributed by atoms with van der Waals surface area (Å²) >= 11 is 0. The van der Waals surface area contributed by atoms with Crippen molar-refractivity contribution >= 4 is 13.3 Å². The van der Waals surface area contributed by atoms with Gasteiger partial charge in [0, 0.05) is 11.2 Å². The number of rotatable bonds is 8. The maximum atomic E-state index is 13.3. The summed E-state index contributed by atoms with van der Waals surface area (Å²) in [7, 11) is -2.35. The van der Waals surface area contributed by atoms with E-state index in [-0.39, 0.29) is 16.6 Å². The summed E-state index contributed by atoms with van der Waals surface area (Å²) in [5.74, 6) is 0.921. The van der Waals surface area contributed by atoms with E-state index in [1.807, 2.05) is 32.9 Å². The number of carbonyl (C=O) groups is 1. The number of hydrogen-bond donors (Lipinski definition) is 0. The van der Waals surface area contributed by atoms with Crippen LogP contribution in [0.1, 0.15) is 87.9 Å². The molecule has 1 rings (SSSR count). The van der Waals surface area contributed by atoms with Crippen molar-refractivity contribution in [3.8, 4) is 0 Å². The Kier molecular flexibility index (Phi) is 8.33. The van der Waals surface area contributed by atoms with Crippen molar-refractivity contribution in [2.45, 2.75) is 87.2 Å². The summed E-state index contributed by atoms with van der Waals surface area (Å²) in [5.41, 5.74) is 3.90. The lowest BCUT2D eigenvalue weighted by molar-refractivity contribution is 0.107. The minimum Gasteiger partial charge on any atom is -0.318 e. The molecular weight excluding hydrogens is 339 g/mol. The molecule has 0 heterocycles. The van der Waals surface area contributed by atoms with Crippen LogP contribution in [0.3, 0.4) is 0 Å². The van der Waals surface area contributed by atoms with E-state index in [0.717, 1.165) is 36.0 Å². The van der Waals surface area contributed by atoms with Crippen LogP contribution in [0.5, 0.6) is 0 Å². The maximum absolute atomic E-state index is 13.3. The third-order valence-corrected chi connectivity index (χ3v) is 6.81. The van der Waals surface area contributed by atoms with Crippen LogP contribution in [0.2, 0.25) is 0 Å². The molecule has 3 unspecified atom stereocenters. The van der Waals surface area contributed by atoms with Gasteiger partial charge in [0.1, 0.15) is 7.80 Å². The molecule has 0 aliphatic rings. The van der Waals surface area contributed by atoms with Crippen LogP contribution in [0.15, 0.2) is 12.1 Å². The fraction of sp³-hybridized carbons (Fsp3) is 0.696. The lowest BCUT2D eigenvalue weighted by Gasteiger charge is -2.27. The molecule has 0 bridgehead atoms. The quantitative estimate of drug-likeness (QED) is 0.449. The average Bonchev–Trinajstić information content (AvgIpc) is 2.41. The van der Waals surface area contributed by atoms with Crippen molar-refractivity contribution in [3.63, 3.8) is 0 Å². The molecule has 0 N–H and O–H groups in total. The van der Waals surface area contributed by atoms with Gasteiger partial charge in [-0.2, -0.15) is 0 Å². The smallest absolute Gasteiger partial charge is 0.219 e. The van der Waals surface area contributed by atoms with Gasteiger partial charge in [0.25, 0.3) is 0 Å². The van der Waals surface area contributed by atoms with Crippen LogP contribution in [0.4, 0.5) is 0 Å². The van der Waals surface area contributed by atoms with E-state index in [1.165, 1.54) is 0 Å². The fourth-order valence-electron chi connectivity index (χ4n) is 4.34. The van der Waals surface area contributed by atoms with E-state index < -0.39 is 7.80 Å². The summed E-state index contributed by atoms with van der Waals surface area (Å²) in [6.45, 7) is 19.2. The van der Waals surface area contributed by atoms with Gasteiger partial charge in [0.05, 0.1) is 0 Å². The molecule has 0 radical (unpaired) electrons. The molecule has 0 aliphatic heterocycles. The first kappa shape index (κ1) is 23.2. The van der Waals surface area contributed by atoms with Crippen LogP contribution in [-0.4, -0.2) is 11.2 Å². The Morgan fingerprint density at radius 3 is 1.92 bits per heavy atom. The summed E-state index contributed by atoms with van der Waals surface area (Å²) in [5, 5.41) is 0. The van der Waals surface area contributed by atoms with E-state index >= 15 is 0 Å². The molecular formula is C23H39O2P. The minimum absolute atomic E-state index is 0.00459. The normalized spacial score (nSPS) is 15.8. The van der Waals surface area contributed by atoms with Gasteiger partial charge in [-0.05, 0) is 68.4 Å². The van der Waals surface area contributed by atoms with Crippen molar-refractivity contribution < 1.29 is 9.36 Å². The van der Waals surface area contributed by atoms with Gasteiger partial charge in [-0.15, -0.1) is 0 Å². The molecule has 0 aromatic heterocycles. The molecule has 0 amide bonds. The van der Waals surface area contributed by atoms with E-state index in [2.05, 4.69) is 41.5 Å². The fourth-order valence-corrected chi connectivity index (χ4v) is 6.65. The zero-order valence-corrected chi connectivity index (χ0v) is 19.3. The summed E-state index contributed by atoms with van der Waals surface area (Å²) in [6, 6.07) is 4.05. The molecule has 0 aliphatic carbocycles. The molecule has 2 nitrogen and oxygen atoms in total. The van der Waals surface area contributed by atoms with Crippen molar-refractivity contribution in [3.05, 3.63) is 34.4 Å². The van der Waals surface area contributed by atoms with E-state index in [9.17, 15) is 9.36 Å². The van der Waals surface area contributed by atoms with Crippen LogP contribution < -0.4 is 0 Å². The molecule has 0 saturated heterocycles. The van der Waals surface area contributed by atoms with E-state index in [4.69, 9.17) is 0 Å². The third-order valence-electron chi connectivity index (χ3n) is 4.90. The van der Waals surface area contributed by atoms with Gasteiger partial charge < -0.3 is 4.57 Å². The largest absolute Gasteiger partial charge is 0.318 e. The summed E-state index contributed by atoms with van der Waals surface area (Å²) < 4.78 is 13.3. The molecule has 3 heteroatoms. The molecule has 148 valence electrons. The van der Waals surface area contributed by atoms with E-state index in [0.29, 0.717) is 17.4 Å². The lowest BCUT2D eigenvalue weighted by Crippen LogP contribution is -2.19. The molecule has 1 aromatic carbocycles. The van der Waals surface area contributed by atoms with Crippen LogP contribution >= 0.6 is 7.80 Å². The molecule has 0 saturated carbocycles. The lowest BCUT2D eigenvalue weighted by atomic mass is 9.83. The Morgan fingerprint density at radius 1 is 1.00 bits per heavy atom. The Morgan fingerprint density at radius 2 is 1.50 bits per heavy atom. The van der Waals surface area contributed by atoms with Gasteiger partial charge >= 0.3 is 0 Å². The minimum atomic E-state index is -2.35. The number of hydrogen-bond acceptors (Lipinski definition) is 2. The van der Waals surface area contributed by atoms with Crippen molar-refractivity contribution in [2.24, 2.45) is 17.3 Å². The highest BCUT2D eigenvalue weighted by Crippen LogP contribution is 2.42. The van der Waals surface area contributed by atoms with Crippen LogP contribution in [0, 0.1) is 38.0 Å². The predicted octanol–water partition coefficient (Wildman–Crippen LogP) is 7.19. The zero-order valence-electron chi connectivity index (χ0n) is 18.3. The standard InChI is InChI=1S/C23H39O2P/c1-15(2)10-20(13-17(4)14-23(7,8)9)26(25)22(24)21-18(5)11-16(3)12-19(21)6/h11-12,15,17,20,26H,10,13-14H2,1-9H3. The predicted molar refractivity (Wildman–Crippen MR) is 115 cm³/mol. The van der Waals surface area contributed by atoms with Gasteiger partial charge in [0.15, 0.2) is 0 Å². The second kappa shape index (κ2) is 9.36. The SMILES string of the molecule is Cc1cc(C)c(C(=O)[PH](=O)C(CC(C)C)CC(C)CC(C)(C)C)c(C)c1. The average molecular weight is 379 g/mol. The second-order valence-electron chi connectivity index (χ2n) is 9.90. The highest BCUT2D eigenvalue weighted by atomic mass is 31.1. The van der Waals surface area contributed by atoms with Gasteiger partial charge in [-0.25, -0.2) is 0 Å². The van der Waals surface area contributed by atoms with Crippen LogP contribution in [-0.2, 0) is 4.57 Å². The summed E-state index contributed by atoms with van der Waals surface area (Å²) in [4.78, 5) is 13.1. The Labute approximate surface area is 162 Å². The first-order valence-electron chi connectivity index (χ1n) is 9.98. The highest BCUT2D eigenvalue weighted by Gasteiger charge is 2.29. The van der Waals surface area contributed by atoms with Gasteiger partial charge in [-0.1, -0.05) is 59.2 Å². The Balaban J connectivity index is 3.07. The van der Waals surface area contributed by atoms with Crippen molar-refractivity contribution in [1.29, 1.82) is 0 Å². The number of aryl methyl sites for hydroxylation is 3. The molecule has 26 heavy (non-hydrogen) atoms. The monoisotopic (exact) mass is 378 g/mol. The Hall–Kier alpha value is -0.880. The maximum Gasteiger partial charge on any atom is 0.219 e. The molecule has 1 aromatic rings.